The topological polar surface area (TPSA) is 75.6 Å². The first kappa shape index (κ1) is 32.3. The van der Waals surface area contributed by atoms with Crippen molar-refractivity contribution in [3.8, 4) is 0 Å². The number of carbonyl (C=O) groups is 2. The number of anilines is 1. The lowest BCUT2D eigenvalue weighted by Crippen LogP contribution is -2.39. The number of cyclic esters (lactones) is 1. The van der Waals surface area contributed by atoms with Crippen LogP contribution in [0.25, 0.3) is 0 Å². The smallest absolute Gasteiger partial charge is 0.416 e. The van der Waals surface area contributed by atoms with Crippen molar-refractivity contribution in [3.63, 3.8) is 0 Å². The highest BCUT2D eigenvalue weighted by Crippen LogP contribution is 2.38. The molecular weight excluding hydrogens is 581 g/mol. The number of benzene rings is 1. The molecule has 0 N–H and O–H groups in total. The first-order chi connectivity index (χ1) is 20.5. The number of hydrogen-bond acceptors (Lipinski definition) is 6. The Morgan fingerprint density at radius 2 is 1.79 bits per heavy atom. The van der Waals surface area contributed by atoms with Gasteiger partial charge in [0.1, 0.15) is 17.1 Å². The normalized spacial score (nSPS) is 19.0. The molecular formula is C32H36ClF3N4O3. The summed E-state index contributed by atoms with van der Waals surface area (Å²) >= 11 is 5.48. The summed E-state index contributed by atoms with van der Waals surface area (Å²) in [5.41, 5.74) is 1.45. The Balaban J connectivity index is 0.000000403. The van der Waals surface area contributed by atoms with Gasteiger partial charge in [0.2, 0.25) is 0 Å². The van der Waals surface area contributed by atoms with E-state index in [0.29, 0.717) is 35.6 Å². The predicted molar refractivity (Wildman–Crippen MR) is 159 cm³/mol. The average Bonchev–Trinajstić information content (AvgIpc) is 3.27. The third kappa shape index (κ3) is 7.84. The first-order valence-electron chi connectivity index (χ1n) is 14.5. The Kier molecular flexibility index (Phi) is 10.7. The van der Waals surface area contributed by atoms with Gasteiger partial charge in [0.05, 0.1) is 23.7 Å². The molecule has 2 aliphatic rings. The van der Waals surface area contributed by atoms with E-state index < -0.39 is 30.0 Å². The number of halogens is 4. The highest BCUT2D eigenvalue weighted by molar-refractivity contribution is 6.31. The lowest BCUT2D eigenvalue weighted by molar-refractivity contribution is -0.137. The minimum atomic E-state index is -4.46. The van der Waals surface area contributed by atoms with Gasteiger partial charge in [-0.25, -0.2) is 14.8 Å². The molecule has 7 nitrogen and oxygen atoms in total. The van der Waals surface area contributed by atoms with Crippen LogP contribution >= 0.6 is 11.6 Å². The number of carbonyl (C=O) groups excluding carboxylic acids is 2. The van der Waals surface area contributed by atoms with E-state index in [2.05, 4.69) is 21.8 Å². The summed E-state index contributed by atoms with van der Waals surface area (Å²) < 4.78 is 45.6. The largest absolute Gasteiger partial charge is 0.439 e. The number of aryl methyl sites for hydroxylation is 1. The standard InChI is InChI=1S/C26H32F3N3O2.C6H4ClNO/c1-4-31(22-10-6-5-7-11-22)24-19(9-8-12-30-24)16-32-18(3)23(34-25(32)33)20-13-17(2)14-21(15-20)26(27,28)29;7-6-5(4-9)2-1-3-8-6/h8-9,12-15,18,22-23H,4-7,10-11,16H2,1-3H3;1-4H/t18-,23-;/m0./s1. The fourth-order valence-electron chi connectivity index (χ4n) is 5.76. The molecule has 2 atom stereocenters. The van der Waals surface area contributed by atoms with E-state index in [-0.39, 0.29) is 5.15 Å². The summed E-state index contributed by atoms with van der Waals surface area (Å²) in [5.74, 6) is 0.871. The lowest BCUT2D eigenvalue weighted by atomic mass is 9.94. The molecule has 1 saturated heterocycles. The highest BCUT2D eigenvalue weighted by atomic mass is 35.5. The fraction of sp³-hybridized carbons (Fsp3) is 0.438. The van der Waals surface area contributed by atoms with Crippen LogP contribution in [0.1, 0.15) is 84.7 Å². The van der Waals surface area contributed by atoms with Gasteiger partial charge < -0.3 is 9.64 Å². The molecule has 43 heavy (non-hydrogen) atoms. The van der Waals surface area contributed by atoms with E-state index in [1.165, 1.54) is 25.5 Å². The number of alkyl halides is 3. The zero-order chi connectivity index (χ0) is 31.1. The van der Waals surface area contributed by atoms with Crippen molar-refractivity contribution in [1.82, 2.24) is 14.9 Å². The summed E-state index contributed by atoms with van der Waals surface area (Å²) in [5, 5.41) is 0.257. The van der Waals surface area contributed by atoms with Crippen LogP contribution in [0.5, 0.6) is 0 Å². The maximum atomic E-state index is 13.4. The molecule has 2 fully saturated rings. The molecule has 1 aliphatic heterocycles. The zero-order valence-electron chi connectivity index (χ0n) is 24.5. The van der Waals surface area contributed by atoms with Crippen LogP contribution in [0.15, 0.2) is 54.9 Å². The third-order valence-corrected chi connectivity index (χ3v) is 8.21. The van der Waals surface area contributed by atoms with E-state index in [4.69, 9.17) is 16.3 Å². The van der Waals surface area contributed by atoms with Crippen molar-refractivity contribution in [3.05, 3.63) is 87.8 Å². The minimum absolute atomic E-state index is 0.257. The molecule has 0 radical (unpaired) electrons. The van der Waals surface area contributed by atoms with Gasteiger partial charge in [-0.15, -0.1) is 0 Å². The van der Waals surface area contributed by atoms with Gasteiger partial charge in [-0.3, -0.25) is 9.69 Å². The van der Waals surface area contributed by atoms with Crippen LogP contribution in [0.4, 0.5) is 23.8 Å². The van der Waals surface area contributed by atoms with Gasteiger partial charge in [-0.2, -0.15) is 13.2 Å². The molecule has 0 bridgehead atoms. The van der Waals surface area contributed by atoms with E-state index in [1.54, 1.807) is 36.2 Å². The third-order valence-electron chi connectivity index (χ3n) is 7.90. The predicted octanol–water partition coefficient (Wildman–Crippen LogP) is 8.20. The van der Waals surface area contributed by atoms with Crippen LogP contribution < -0.4 is 4.90 Å². The number of hydrogen-bond donors (Lipinski definition) is 0. The van der Waals surface area contributed by atoms with Crippen molar-refractivity contribution < 1.29 is 27.5 Å². The van der Waals surface area contributed by atoms with Crippen LogP contribution in [-0.2, 0) is 17.5 Å². The molecule has 1 saturated carbocycles. The minimum Gasteiger partial charge on any atom is -0.439 e. The van der Waals surface area contributed by atoms with Crippen molar-refractivity contribution in [2.24, 2.45) is 0 Å². The van der Waals surface area contributed by atoms with Crippen LogP contribution in [0.2, 0.25) is 5.15 Å². The molecule has 0 unspecified atom stereocenters. The Bertz CT molecular complexity index is 1410. The van der Waals surface area contributed by atoms with Crippen molar-refractivity contribution in [1.29, 1.82) is 0 Å². The Labute approximate surface area is 255 Å². The fourth-order valence-corrected chi connectivity index (χ4v) is 5.92. The SMILES string of the molecule is CCN(c1ncccc1CN1C(=O)O[C@H](c2cc(C)cc(C(F)(F)F)c2)[C@@H]1C)C1CCCCC1.O=Cc1cccnc1Cl. The van der Waals surface area contributed by atoms with Crippen LogP contribution in [0, 0.1) is 6.92 Å². The number of nitrogens with zero attached hydrogens (tertiary/aromatic N) is 4. The van der Waals surface area contributed by atoms with E-state index in [9.17, 15) is 22.8 Å². The number of rotatable bonds is 7. The number of amides is 1. The molecule has 5 rings (SSSR count). The Hall–Kier alpha value is -3.66. The monoisotopic (exact) mass is 616 g/mol. The highest BCUT2D eigenvalue weighted by Gasteiger charge is 2.41. The van der Waals surface area contributed by atoms with Crippen LogP contribution in [-0.4, -0.2) is 45.9 Å². The van der Waals surface area contributed by atoms with E-state index in [1.807, 2.05) is 19.1 Å². The van der Waals surface area contributed by atoms with Crippen LogP contribution in [0.3, 0.4) is 0 Å². The quantitative estimate of drug-likeness (QED) is 0.197. The van der Waals surface area contributed by atoms with Gasteiger partial charge in [-0.1, -0.05) is 48.6 Å². The summed E-state index contributed by atoms with van der Waals surface area (Å²) in [6, 6.07) is 11.0. The molecule has 11 heteroatoms. The lowest BCUT2D eigenvalue weighted by Gasteiger charge is -2.36. The maximum Gasteiger partial charge on any atom is 0.416 e. The Morgan fingerprint density at radius 1 is 1.09 bits per heavy atom. The molecule has 2 aromatic heterocycles. The summed E-state index contributed by atoms with van der Waals surface area (Å²) in [7, 11) is 0. The van der Waals surface area contributed by atoms with Crippen molar-refractivity contribution in [2.45, 2.75) is 83.8 Å². The molecule has 1 amide bonds. The van der Waals surface area contributed by atoms with Gasteiger partial charge in [0.25, 0.3) is 0 Å². The number of ether oxygens (including phenoxy) is 1. The second kappa shape index (κ2) is 14.2. The first-order valence-corrected chi connectivity index (χ1v) is 14.8. The number of aldehydes is 1. The summed E-state index contributed by atoms with van der Waals surface area (Å²) in [4.78, 5) is 35.2. The van der Waals surface area contributed by atoms with Crippen molar-refractivity contribution >= 4 is 29.8 Å². The summed E-state index contributed by atoms with van der Waals surface area (Å²) in [6.45, 7) is 6.66. The van der Waals surface area contributed by atoms with E-state index >= 15 is 0 Å². The van der Waals surface area contributed by atoms with E-state index in [0.717, 1.165) is 42.9 Å². The van der Waals surface area contributed by atoms with Gasteiger partial charge in [0, 0.05) is 30.5 Å². The molecule has 1 aliphatic carbocycles. The van der Waals surface area contributed by atoms with Gasteiger partial charge in [0.15, 0.2) is 6.29 Å². The molecule has 0 spiro atoms. The van der Waals surface area contributed by atoms with Gasteiger partial charge >= 0.3 is 12.3 Å². The second-order valence-corrected chi connectivity index (χ2v) is 11.2. The maximum absolute atomic E-state index is 13.4. The molecule has 230 valence electrons. The zero-order valence-corrected chi connectivity index (χ0v) is 25.2. The molecule has 3 heterocycles. The second-order valence-electron chi connectivity index (χ2n) is 10.9. The van der Waals surface area contributed by atoms with Crippen molar-refractivity contribution in [2.75, 3.05) is 11.4 Å². The van der Waals surface area contributed by atoms with Gasteiger partial charge in [-0.05, 0) is 69.5 Å². The molecule has 1 aromatic carbocycles. The number of pyridine rings is 2. The Morgan fingerprint density at radius 3 is 2.42 bits per heavy atom. The average molecular weight is 617 g/mol. The molecule has 3 aromatic rings. The summed E-state index contributed by atoms with van der Waals surface area (Å²) in [6.07, 6.45) is 4.16. The number of aromatic nitrogens is 2.